The van der Waals surface area contributed by atoms with Gasteiger partial charge in [0.2, 0.25) is 15.9 Å². The van der Waals surface area contributed by atoms with Crippen LogP contribution in [0.5, 0.6) is 0 Å². The van der Waals surface area contributed by atoms with E-state index in [9.17, 15) is 13.2 Å². The molecule has 3 rings (SSSR count). The molecule has 1 aromatic rings. The number of amides is 1. The lowest BCUT2D eigenvalue weighted by Crippen LogP contribution is -2.48. The van der Waals surface area contributed by atoms with Gasteiger partial charge in [0.05, 0.1) is 4.90 Å². The summed E-state index contributed by atoms with van der Waals surface area (Å²) >= 11 is 0. The molecule has 0 bridgehead atoms. The van der Waals surface area contributed by atoms with Crippen LogP contribution in [0.2, 0.25) is 0 Å². The minimum atomic E-state index is -3.54. The molecule has 7 nitrogen and oxygen atoms in total. The smallest absolute Gasteiger partial charge is 0.243 e. The molecule has 166 valence electrons. The third-order valence-electron chi connectivity index (χ3n) is 5.51. The summed E-state index contributed by atoms with van der Waals surface area (Å²) in [5, 5.41) is 6.24. The van der Waals surface area contributed by atoms with Crippen LogP contribution >= 0.6 is 24.8 Å². The van der Waals surface area contributed by atoms with Gasteiger partial charge in [0.25, 0.3) is 0 Å². The fourth-order valence-electron chi connectivity index (χ4n) is 3.78. The number of anilines is 1. The molecular formula is C19H32Cl2N4O3S. The van der Waals surface area contributed by atoms with Gasteiger partial charge in [-0.1, -0.05) is 13.0 Å². The predicted molar refractivity (Wildman–Crippen MR) is 121 cm³/mol. The molecule has 0 spiro atoms. The molecular weight excluding hydrogens is 435 g/mol. The summed E-state index contributed by atoms with van der Waals surface area (Å²) in [6.45, 7) is 8.42. The minimum Gasteiger partial charge on any atom is -0.326 e. The Labute approximate surface area is 186 Å². The molecule has 2 aliphatic heterocycles. The summed E-state index contributed by atoms with van der Waals surface area (Å²) in [7, 11) is -3.54. The first-order valence-electron chi connectivity index (χ1n) is 9.77. The molecule has 0 unspecified atom stereocenters. The molecule has 2 saturated heterocycles. The Morgan fingerprint density at radius 3 is 2.52 bits per heavy atom. The molecule has 2 atom stereocenters. The highest BCUT2D eigenvalue weighted by molar-refractivity contribution is 7.89. The average Bonchev–Trinajstić information content (AvgIpc) is 2.68. The Morgan fingerprint density at radius 2 is 1.90 bits per heavy atom. The largest absolute Gasteiger partial charge is 0.326 e. The van der Waals surface area contributed by atoms with Crippen LogP contribution in [0, 0.1) is 5.92 Å². The zero-order chi connectivity index (χ0) is 19.4. The van der Waals surface area contributed by atoms with E-state index in [1.165, 1.54) is 4.31 Å². The van der Waals surface area contributed by atoms with Gasteiger partial charge in [0, 0.05) is 43.8 Å². The van der Waals surface area contributed by atoms with Crippen molar-refractivity contribution in [3.63, 3.8) is 0 Å². The summed E-state index contributed by atoms with van der Waals surface area (Å²) in [5.41, 5.74) is 0.541. The Bertz CT molecular complexity index is 770. The number of carbonyl (C=O) groups excluding carboxylic acids is 1. The maximum absolute atomic E-state index is 13.0. The number of piperidine rings is 1. The summed E-state index contributed by atoms with van der Waals surface area (Å²) in [5.74, 6) is -0.0712. The molecule has 29 heavy (non-hydrogen) atoms. The van der Waals surface area contributed by atoms with E-state index in [0.717, 1.165) is 39.0 Å². The molecule has 10 heteroatoms. The molecule has 1 amide bonds. The first-order valence-corrected chi connectivity index (χ1v) is 11.2. The molecule has 2 aliphatic rings. The maximum Gasteiger partial charge on any atom is 0.243 e. The highest BCUT2D eigenvalue weighted by Gasteiger charge is 2.29. The Kier molecular flexibility index (Phi) is 10.3. The third-order valence-corrected chi connectivity index (χ3v) is 7.41. The van der Waals surface area contributed by atoms with Crippen LogP contribution in [0.1, 0.15) is 26.7 Å². The Hall–Kier alpha value is -0.900. The topological polar surface area (TPSA) is 81.8 Å². The molecule has 0 saturated carbocycles. The fourth-order valence-corrected chi connectivity index (χ4v) is 5.25. The number of piperazine rings is 1. The van der Waals surface area contributed by atoms with E-state index >= 15 is 0 Å². The van der Waals surface area contributed by atoms with Crippen LogP contribution in [0.3, 0.4) is 0 Å². The number of hydrogen-bond acceptors (Lipinski definition) is 5. The van der Waals surface area contributed by atoms with E-state index in [1.54, 1.807) is 24.3 Å². The second-order valence-corrected chi connectivity index (χ2v) is 9.37. The molecule has 2 N–H and O–H groups in total. The quantitative estimate of drug-likeness (QED) is 0.694. The molecule has 0 aromatic heterocycles. The number of hydrogen-bond donors (Lipinski definition) is 2. The van der Waals surface area contributed by atoms with Crippen molar-refractivity contribution in [1.82, 2.24) is 14.5 Å². The van der Waals surface area contributed by atoms with Crippen molar-refractivity contribution < 1.29 is 13.2 Å². The summed E-state index contributed by atoms with van der Waals surface area (Å²) < 4.78 is 27.4. The van der Waals surface area contributed by atoms with Crippen molar-refractivity contribution in [3.05, 3.63) is 24.3 Å². The summed E-state index contributed by atoms with van der Waals surface area (Å²) in [6.07, 6.45) is 1.60. The van der Waals surface area contributed by atoms with E-state index in [4.69, 9.17) is 0 Å². The predicted octanol–water partition coefficient (Wildman–Crippen LogP) is 2.18. The van der Waals surface area contributed by atoms with Crippen LogP contribution in [-0.4, -0.2) is 68.8 Å². The SMILES string of the molecule is CCN1CCN(S(=O)(=O)c2cccc(NC(=O)[C@H]3CCN[C@@H](C)C3)c2)CC1.Cl.Cl. The Morgan fingerprint density at radius 1 is 1.21 bits per heavy atom. The molecule has 2 fully saturated rings. The number of nitrogens with one attached hydrogen (secondary N) is 2. The average molecular weight is 467 g/mol. The lowest BCUT2D eigenvalue weighted by molar-refractivity contribution is -0.120. The number of halogens is 2. The van der Waals surface area contributed by atoms with Gasteiger partial charge in [-0.15, -0.1) is 24.8 Å². The Balaban J connectivity index is 0.00000210. The van der Waals surface area contributed by atoms with Crippen molar-refractivity contribution >= 4 is 46.4 Å². The standard InChI is InChI=1S/C19H30N4O3S.2ClH/c1-3-22-9-11-23(12-10-22)27(25,26)18-6-4-5-17(14-18)21-19(24)16-7-8-20-15(2)13-16;;/h4-6,14-16,20H,3,7-13H2,1-2H3,(H,21,24);2*1H/t15-,16-;;/m0../s1. The normalized spacial score (nSPS) is 23.5. The minimum absolute atomic E-state index is 0. The van der Waals surface area contributed by atoms with E-state index < -0.39 is 10.0 Å². The number of likely N-dealkylation sites (N-methyl/N-ethyl adjacent to an activating group) is 1. The van der Waals surface area contributed by atoms with Crippen molar-refractivity contribution in [2.75, 3.05) is 44.6 Å². The van der Waals surface area contributed by atoms with E-state index in [-0.39, 0.29) is 41.5 Å². The highest BCUT2D eigenvalue weighted by Crippen LogP contribution is 2.23. The summed E-state index contributed by atoms with van der Waals surface area (Å²) in [4.78, 5) is 15.0. The van der Waals surface area contributed by atoms with Gasteiger partial charge in [0.15, 0.2) is 0 Å². The van der Waals surface area contributed by atoms with Crippen LogP contribution in [0.15, 0.2) is 29.2 Å². The van der Waals surface area contributed by atoms with Crippen molar-refractivity contribution in [2.45, 2.75) is 37.6 Å². The number of rotatable bonds is 5. The van der Waals surface area contributed by atoms with E-state index in [2.05, 4.69) is 29.4 Å². The third kappa shape index (κ3) is 6.54. The van der Waals surface area contributed by atoms with Gasteiger partial charge in [-0.05, 0) is 51.1 Å². The van der Waals surface area contributed by atoms with E-state index in [0.29, 0.717) is 24.8 Å². The maximum atomic E-state index is 13.0. The van der Waals surface area contributed by atoms with Crippen molar-refractivity contribution in [3.8, 4) is 0 Å². The highest BCUT2D eigenvalue weighted by atomic mass is 35.5. The molecule has 1 aromatic carbocycles. The zero-order valence-electron chi connectivity index (χ0n) is 17.0. The van der Waals surface area contributed by atoms with Gasteiger partial charge >= 0.3 is 0 Å². The van der Waals surface area contributed by atoms with Crippen LogP contribution < -0.4 is 10.6 Å². The van der Waals surface area contributed by atoms with Crippen LogP contribution in [0.4, 0.5) is 5.69 Å². The van der Waals surface area contributed by atoms with Gasteiger partial charge in [-0.25, -0.2) is 8.42 Å². The first-order chi connectivity index (χ1) is 12.9. The number of nitrogens with zero attached hydrogens (tertiary/aromatic N) is 2. The van der Waals surface area contributed by atoms with E-state index in [1.807, 2.05) is 0 Å². The number of benzene rings is 1. The fraction of sp³-hybridized carbons (Fsp3) is 0.632. The second kappa shape index (κ2) is 11.5. The van der Waals surface area contributed by atoms with Gasteiger partial charge in [-0.3, -0.25) is 4.79 Å². The van der Waals surface area contributed by atoms with Crippen LogP contribution in [0.25, 0.3) is 0 Å². The molecule has 0 aliphatic carbocycles. The lowest BCUT2D eigenvalue weighted by atomic mass is 9.92. The number of sulfonamides is 1. The van der Waals surface area contributed by atoms with Gasteiger partial charge in [-0.2, -0.15) is 4.31 Å². The first kappa shape index (κ1) is 26.1. The molecule has 2 heterocycles. The zero-order valence-corrected chi connectivity index (χ0v) is 19.4. The molecule has 0 radical (unpaired) electrons. The van der Waals surface area contributed by atoms with Crippen LogP contribution in [-0.2, 0) is 14.8 Å². The second-order valence-electron chi connectivity index (χ2n) is 7.43. The lowest BCUT2D eigenvalue weighted by Gasteiger charge is -2.33. The van der Waals surface area contributed by atoms with Gasteiger partial charge < -0.3 is 15.5 Å². The monoisotopic (exact) mass is 466 g/mol. The van der Waals surface area contributed by atoms with Gasteiger partial charge in [0.1, 0.15) is 0 Å². The van der Waals surface area contributed by atoms with Crippen molar-refractivity contribution in [1.29, 1.82) is 0 Å². The number of carbonyl (C=O) groups is 1. The summed E-state index contributed by atoms with van der Waals surface area (Å²) in [6, 6.07) is 6.93. The van der Waals surface area contributed by atoms with Crippen molar-refractivity contribution in [2.24, 2.45) is 5.92 Å².